The molecule has 8 heteroatoms. The summed E-state index contributed by atoms with van der Waals surface area (Å²) < 4.78 is 1.82. The molecule has 0 aliphatic rings. The van der Waals surface area contributed by atoms with E-state index in [2.05, 4.69) is 10.3 Å². The van der Waals surface area contributed by atoms with Crippen molar-refractivity contribution in [2.24, 2.45) is 0 Å². The molecule has 0 aliphatic carbocycles. The number of carbonyl (C=O) groups excluding carboxylic acids is 1. The van der Waals surface area contributed by atoms with E-state index in [1.165, 1.54) is 11.3 Å². The first-order valence-corrected chi connectivity index (χ1v) is 6.94. The second-order valence-corrected chi connectivity index (χ2v) is 5.25. The highest BCUT2D eigenvalue weighted by atomic mass is 32.1. The lowest BCUT2D eigenvalue weighted by Crippen LogP contribution is -2.42. The predicted octanol–water partition coefficient (Wildman–Crippen LogP) is 0.199. The first-order valence-electron chi connectivity index (χ1n) is 6.06. The molecule has 0 unspecified atom stereocenters. The normalized spacial score (nSPS) is 12.5. The van der Waals surface area contributed by atoms with Gasteiger partial charge in [0.15, 0.2) is 4.96 Å². The van der Waals surface area contributed by atoms with Crippen molar-refractivity contribution in [1.82, 2.24) is 14.7 Å². The molecule has 0 fully saturated rings. The zero-order chi connectivity index (χ0) is 14.7. The Morgan fingerprint density at radius 3 is 2.95 bits per heavy atom. The minimum atomic E-state index is -1.15. The largest absolute Gasteiger partial charge is 0.480 e. The van der Waals surface area contributed by atoms with Crippen LogP contribution >= 0.6 is 11.3 Å². The second kappa shape index (κ2) is 6.02. The van der Waals surface area contributed by atoms with Gasteiger partial charge in [-0.1, -0.05) is 0 Å². The summed E-state index contributed by atoms with van der Waals surface area (Å²) in [5.41, 5.74) is 1.62. The van der Waals surface area contributed by atoms with Crippen molar-refractivity contribution in [2.45, 2.75) is 25.8 Å². The number of imidazole rings is 1. The maximum atomic E-state index is 11.9. The first kappa shape index (κ1) is 14.5. The van der Waals surface area contributed by atoms with Gasteiger partial charge in [-0.2, -0.15) is 0 Å². The minimum Gasteiger partial charge on any atom is -0.480 e. The molecule has 108 valence electrons. The number of fused-ring (bicyclic) bond motifs is 1. The van der Waals surface area contributed by atoms with Crippen molar-refractivity contribution in [3.63, 3.8) is 0 Å². The number of aliphatic hydroxyl groups excluding tert-OH is 1. The number of rotatable bonds is 6. The Kier molecular flexibility index (Phi) is 4.35. The van der Waals surface area contributed by atoms with Crippen LogP contribution in [0.15, 0.2) is 11.6 Å². The fourth-order valence-corrected chi connectivity index (χ4v) is 2.78. The Morgan fingerprint density at radius 1 is 1.55 bits per heavy atom. The number of aliphatic hydroxyl groups is 1. The maximum Gasteiger partial charge on any atom is 0.326 e. The quantitative estimate of drug-likeness (QED) is 0.706. The minimum absolute atomic E-state index is 0.00962. The molecule has 0 aromatic carbocycles. The SMILES string of the molecule is Cc1cn2c(CC(=O)N[C@H](CCO)C(=O)O)csc2n1. The Labute approximate surface area is 118 Å². The summed E-state index contributed by atoms with van der Waals surface area (Å²) in [5.74, 6) is -1.54. The number of aromatic nitrogens is 2. The van der Waals surface area contributed by atoms with Crippen molar-refractivity contribution in [3.8, 4) is 0 Å². The number of thiazole rings is 1. The third-order valence-corrected chi connectivity index (χ3v) is 3.69. The van der Waals surface area contributed by atoms with Gasteiger partial charge in [0, 0.05) is 30.3 Å². The monoisotopic (exact) mass is 297 g/mol. The van der Waals surface area contributed by atoms with Crippen LogP contribution in [0.4, 0.5) is 0 Å². The molecule has 2 aromatic heterocycles. The van der Waals surface area contributed by atoms with Crippen LogP contribution < -0.4 is 5.32 Å². The van der Waals surface area contributed by atoms with Crippen molar-refractivity contribution >= 4 is 28.2 Å². The Morgan fingerprint density at radius 2 is 2.30 bits per heavy atom. The van der Waals surface area contributed by atoms with Gasteiger partial charge in [-0.3, -0.25) is 9.20 Å². The third-order valence-electron chi connectivity index (χ3n) is 2.80. The molecule has 1 atom stereocenters. The number of hydrogen-bond donors (Lipinski definition) is 3. The van der Waals surface area contributed by atoms with Crippen LogP contribution in [0.25, 0.3) is 4.96 Å². The topological polar surface area (TPSA) is 104 Å². The molecular formula is C12H15N3O4S. The number of aliphatic carboxylic acids is 1. The Bertz CT molecular complexity index is 634. The summed E-state index contributed by atoms with van der Waals surface area (Å²) >= 11 is 1.43. The molecule has 0 spiro atoms. The lowest BCUT2D eigenvalue weighted by atomic mass is 10.2. The van der Waals surface area contributed by atoms with Gasteiger partial charge in [0.2, 0.25) is 5.91 Å². The fourth-order valence-electron chi connectivity index (χ4n) is 1.87. The molecule has 2 rings (SSSR count). The lowest BCUT2D eigenvalue weighted by molar-refractivity contribution is -0.142. The van der Waals surface area contributed by atoms with E-state index in [1.807, 2.05) is 22.9 Å². The van der Waals surface area contributed by atoms with E-state index in [-0.39, 0.29) is 19.4 Å². The van der Waals surface area contributed by atoms with Crippen LogP contribution in [-0.4, -0.2) is 44.1 Å². The number of nitrogens with zero attached hydrogens (tertiary/aromatic N) is 2. The molecule has 0 aliphatic heterocycles. The molecule has 2 aromatic rings. The lowest BCUT2D eigenvalue weighted by Gasteiger charge is -2.12. The van der Waals surface area contributed by atoms with E-state index >= 15 is 0 Å². The molecule has 2 heterocycles. The summed E-state index contributed by atoms with van der Waals surface area (Å²) in [6.07, 6.45) is 1.90. The van der Waals surface area contributed by atoms with E-state index in [0.717, 1.165) is 16.3 Å². The van der Waals surface area contributed by atoms with Gasteiger partial charge < -0.3 is 15.5 Å². The van der Waals surface area contributed by atoms with Crippen molar-refractivity contribution in [3.05, 3.63) is 23.0 Å². The van der Waals surface area contributed by atoms with E-state index in [0.29, 0.717) is 0 Å². The fraction of sp³-hybridized carbons (Fsp3) is 0.417. The first-order chi connectivity index (χ1) is 9.51. The molecule has 0 bridgehead atoms. The number of carboxylic acids is 1. The van der Waals surface area contributed by atoms with Gasteiger partial charge >= 0.3 is 5.97 Å². The number of carboxylic acid groups (broad SMARTS) is 1. The zero-order valence-electron chi connectivity index (χ0n) is 10.9. The summed E-state index contributed by atoms with van der Waals surface area (Å²) in [4.78, 5) is 27.9. The van der Waals surface area contributed by atoms with Crippen LogP contribution in [0.2, 0.25) is 0 Å². The molecular weight excluding hydrogens is 282 g/mol. The Hall–Kier alpha value is -1.93. The second-order valence-electron chi connectivity index (χ2n) is 4.41. The van der Waals surface area contributed by atoms with Gasteiger partial charge in [-0.25, -0.2) is 9.78 Å². The molecule has 20 heavy (non-hydrogen) atoms. The van der Waals surface area contributed by atoms with Crippen molar-refractivity contribution in [2.75, 3.05) is 6.61 Å². The number of aryl methyl sites for hydroxylation is 1. The average molecular weight is 297 g/mol. The van der Waals surface area contributed by atoms with E-state index in [1.54, 1.807) is 0 Å². The number of carbonyl (C=O) groups is 2. The van der Waals surface area contributed by atoms with Gasteiger partial charge in [-0.05, 0) is 6.92 Å². The van der Waals surface area contributed by atoms with Crippen LogP contribution in [0.5, 0.6) is 0 Å². The van der Waals surface area contributed by atoms with Crippen LogP contribution in [0, 0.1) is 6.92 Å². The third kappa shape index (κ3) is 3.14. The van der Waals surface area contributed by atoms with Crippen LogP contribution in [0.3, 0.4) is 0 Å². The highest BCUT2D eigenvalue weighted by Crippen LogP contribution is 2.16. The predicted molar refractivity (Wildman–Crippen MR) is 72.8 cm³/mol. The van der Waals surface area contributed by atoms with Crippen molar-refractivity contribution < 1.29 is 19.8 Å². The summed E-state index contributed by atoms with van der Waals surface area (Å²) in [5, 5.41) is 21.9. The molecule has 0 radical (unpaired) electrons. The molecule has 7 nitrogen and oxygen atoms in total. The summed E-state index contributed by atoms with van der Waals surface area (Å²) in [6, 6.07) is -1.06. The summed E-state index contributed by atoms with van der Waals surface area (Å²) in [7, 11) is 0. The maximum absolute atomic E-state index is 11.9. The zero-order valence-corrected chi connectivity index (χ0v) is 11.7. The number of nitrogens with one attached hydrogen (secondary N) is 1. The van der Waals surface area contributed by atoms with E-state index in [9.17, 15) is 9.59 Å². The van der Waals surface area contributed by atoms with E-state index < -0.39 is 17.9 Å². The highest BCUT2D eigenvalue weighted by molar-refractivity contribution is 7.15. The molecule has 0 saturated carbocycles. The van der Waals surface area contributed by atoms with Crippen LogP contribution in [0.1, 0.15) is 17.8 Å². The van der Waals surface area contributed by atoms with Crippen LogP contribution in [-0.2, 0) is 16.0 Å². The van der Waals surface area contributed by atoms with Gasteiger partial charge in [0.1, 0.15) is 6.04 Å². The highest BCUT2D eigenvalue weighted by Gasteiger charge is 2.20. The van der Waals surface area contributed by atoms with Crippen molar-refractivity contribution in [1.29, 1.82) is 0 Å². The van der Waals surface area contributed by atoms with E-state index in [4.69, 9.17) is 10.2 Å². The van der Waals surface area contributed by atoms with Gasteiger partial charge in [0.05, 0.1) is 12.1 Å². The van der Waals surface area contributed by atoms with Gasteiger partial charge in [0.25, 0.3) is 0 Å². The Balaban J connectivity index is 2.05. The smallest absolute Gasteiger partial charge is 0.326 e. The number of amides is 1. The summed E-state index contributed by atoms with van der Waals surface area (Å²) in [6.45, 7) is 1.58. The van der Waals surface area contributed by atoms with Gasteiger partial charge in [-0.15, -0.1) is 11.3 Å². The molecule has 1 amide bonds. The molecule has 0 saturated heterocycles. The average Bonchev–Trinajstić information content (AvgIpc) is 2.89. The standard InChI is InChI=1S/C12H15N3O4S/c1-7-5-15-8(6-20-12(15)13-7)4-10(17)14-9(2-3-16)11(18)19/h5-6,9,16H,2-4H2,1H3,(H,14,17)(H,18,19)/t9-/m1/s1. The molecule has 3 N–H and O–H groups in total. The number of hydrogen-bond acceptors (Lipinski definition) is 5.